The number of alkyl halides is 1. The van der Waals surface area contributed by atoms with Crippen LogP contribution in [0.1, 0.15) is 12.6 Å². The van der Waals surface area contributed by atoms with Crippen molar-refractivity contribution in [3.05, 3.63) is 18.0 Å². The van der Waals surface area contributed by atoms with Crippen LogP contribution in [-0.4, -0.2) is 21.6 Å². The molecule has 0 atom stereocenters. The van der Waals surface area contributed by atoms with Crippen molar-refractivity contribution in [2.45, 2.75) is 20.0 Å². The van der Waals surface area contributed by atoms with Crippen molar-refractivity contribution in [2.75, 3.05) is 5.88 Å². The van der Waals surface area contributed by atoms with Gasteiger partial charge in [0.1, 0.15) is 5.88 Å². The molecule has 0 aliphatic carbocycles. The van der Waals surface area contributed by atoms with Gasteiger partial charge in [-0.15, -0.1) is 11.6 Å². The summed E-state index contributed by atoms with van der Waals surface area (Å²) in [6.45, 7) is 3.29. The molecule has 1 N–H and O–H groups in total. The number of hydrogen-bond donors (Lipinski definition) is 1. The van der Waals surface area contributed by atoms with Crippen molar-refractivity contribution in [2.24, 2.45) is 0 Å². The van der Waals surface area contributed by atoms with E-state index in [0.717, 1.165) is 12.2 Å². The molecule has 0 bridgehead atoms. The lowest BCUT2D eigenvalue weighted by Crippen LogP contribution is -2.25. The number of rotatable bonds is 4. The van der Waals surface area contributed by atoms with Gasteiger partial charge in [0.05, 0.1) is 12.2 Å². The second-order valence-corrected chi connectivity index (χ2v) is 2.82. The molecule has 1 heterocycles. The second-order valence-electron chi connectivity index (χ2n) is 2.55. The Morgan fingerprint density at radius 1 is 1.77 bits per heavy atom. The summed E-state index contributed by atoms with van der Waals surface area (Å²) in [5, 5.41) is 6.75. The Morgan fingerprint density at radius 2 is 2.54 bits per heavy atom. The van der Waals surface area contributed by atoms with Crippen molar-refractivity contribution in [3.63, 3.8) is 0 Å². The fraction of sp³-hybridized carbons (Fsp3) is 0.500. The van der Waals surface area contributed by atoms with Crippen LogP contribution in [0.2, 0.25) is 0 Å². The summed E-state index contributed by atoms with van der Waals surface area (Å²) in [7, 11) is 0. The van der Waals surface area contributed by atoms with E-state index in [1.807, 2.05) is 17.7 Å². The summed E-state index contributed by atoms with van der Waals surface area (Å²) in [5.74, 6) is -0.161. The number of amides is 1. The van der Waals surface area contributed by atoms with Gasteiger partial charge in [0, 0.05) is 12.7 Å². The van der Waals surface area contributed by atoms with Gasteiger partial charge in [-0.05, 0) is 13.0 Å². The lowest BCUT2D eigenvalue weighted by Gasteiger charge is -2.04. The van der Waals surface area contributed by atoms with E-state index in [0.29, 0.717) is 6.54 Å². The molecular weight excluding hydrogens is 190 g/mol. The van der Waals surface area contributed by atoms with Crippen molar-refractivity contribution >= 4 is 17.5 Å². The third-order valence-electron chi connectivity index (χ3n) is 1.69. The molecule has 0 fully saturated rings. The van der Waals surface area contributed by atoms with Crippen LogP contribution in [0.15, 0.2) is 12.3 Å². The number of halogens is 1. The van der Waals surface area contributed by atoms with Gasteiger partial charge in [-0.3, -0.25) is 9.48 Å². The third kappa shape index (κ3) is 2.73. The number of nitrogens with zero attached hydrogens (tertiary/aromatic N) is 2. The summed E-state index contributed by atoms with van der Waals surface area (Å²) in [4.78, 5) is 10.8. The monoisotopic (exact) mass is 201 g/mol. The summed E-state index contributed by atoms with van der Waals surface area (Å²) in [6, 6.07) is 1.87. The van der Waals surface area contributed by atoms with E-state index in [2.05, 4.69) is 10.4 Å². The molecule has 0 aliphatic rings. The lowest BCUT2D eigenvalue weighted by molar-refractivity contribution is -0.118. The predicted octanol–water partition coefficient (Wildman–Crippen LogP) is 0.758. The van der Waals surface area contributed by atoms with E-state index in [-0.39, 0.29) is 11.8 Å². The molecule has 0 unspecified atom stereocenters. The van der Waals surface area contributed by atoms with E-state index >= 15 is 0 Å². The molecule has 13 heavy (non-hydrogen) atoms. The van der Waals surface area contributed by atoms with Crippen LogP contribution in [-0.2, 0) is 17.9 Å². The Hall–Kier alpha value is -1.03. The normalized spacial score (nSPS) is 10.0. The highest BCUT2D eigenvalue weighted by Crippen LogP contribution is 1.97. The van der Waals surface area contributed by atoms with Crippen LogP contribution in [0, 0.1) is 0 Å². The predicted molar refractivity (Wildman–Crippen MR) is 50.5 cm³/mol. The number of carbonyl (C=O) groups is 1. The lowest BCUT2D eigenvalue weighted by atomic mass is 10.4. The Balaban J connectivity index is 2.49. The summed E-state index contributed by atoms with van der Waals surface area (Å²) in [5.41, 5.74) is 0.987. The molecule has 0 saturated carbocycles. The Labute approximate surface area is 81.9 Å². The molecule has 0 spiro atoms. The van der Waals surface area contributed by atoms with E-state index in [9.17, 15) is 4.79 Å². The quantitative estimate of drug-likeness (QED) is 0.732. The van der Waals surface area contributed by atoms with Gasteiger partial charge in [0.25, 0.3) is 0 Å². The first kappa shape index (κ1) is 10.1. The molecule has 1 rings (SSSR count). The molecule has 72 valence electrons. The molecule has 5 heteroatoms. The fourth-order valence-electron chi connectivity index (χ4n) is 1.03. The molecule has 0 aliphatic heterocycles. The maximum absolute atomic E-state index is 10.8. The number of aromatic nitrogens is 2. The van der Waals surface area contributed by atoms with Crippen LogP contribution in [0.5, 0.6) is 0 Å². The zero-order valence-corrected chi connectivity index (χ0v) is 8.21. The van der Waals surface area contributed by atoms with Crippen LogP contribution in [0.4, 0.5) is 0 Å². The van der Waals surface area contributed by atoms with E-state index < -0.39 is 0 Å². The number of carbonyl (C=O) groups excluding carboxylic acids is 1. The Bertz CT molecular complexity index is 285. The minimum Gasteiger partial charge on any atom is -0.349 e. The van der Waals surface area contributed by atoms with Crippen molar-refractivity contribution in [1.29, 1.82) is 0 Å². The van der Waals surface area contributed by atoms with Crippen molar-refractivity contribution in [1.82, 2.24) is 15.1 Å². The topological polar surface area (TPSA) is 46.9 Å². The molecule has 0 aromatic carbocycles. The summed E-state index contributed by atoms with van der Waals surface area (Å²) >= 11 is 5.33. The van der Waals surface area contributed by atoms with Gasteiger partial charge in [-0.2, -0.15) is 5.10 Å². The molecule has 0 saturated heterocycles. The zero-order valence-electron chi connectivity index (χ0n) is 7.46. The average molecular weight is 202 g/mol. The standard InChI is InChI=1S/C8H12ClN3O/c1-2-12-7(3-4-11-12)6-10-8(13)5-9/h3-4H,2,5-6H2,1H3,(H,10,13). The summed E-state index contributed by atoms with van der Waals surface area (Å²) < 4.78 is 1.83. The average Bonchev–Trinajstić information content (AvgIpc) is 2.61. The molecule has 1 aromatic rings. The Kier molecular flexibility index (Phi) is 3.76. The van der Waals surface area contributed by atoms with Gasteiger partial charge in [-0.25, -0.2) is 0 Å². The van der Waals surface area contributed by atoms with Crippen LogP contribution < -0.4 is 5.32 Å². The van der Waals surface area contributed by atoms with Crippen molar-refractivity contribution < 1.29 is 4.79 Å². The minimum absolute atomic E-state index is 0.000260. The first-order valence-electron chi connectivity index (χ1n) is 4.11. The second kappa shape index (κ2) is 4.87. The van der Waals surface area contributed by atoms with Crippen molar-refractivity contribution in [3.8, 4) is 0 Å². The largest absolute Gasteiger partial charge is 0.349 e. The molecule has 4 nitrogen and oxygen atoms in total. The molecule has 0 radical (unpaired) electrons. The maximum Gasteiger partial charge on any atom is 0.235 e. The van der Waals surface area contributed by atoms with Crippen LogP contribution >= 0.6 is 11.6 Å². The third-order valence-corrected chi connectivity index (χ3v) is 1.93. The van der Waals surface area contributed by atoms with Crippen LogP contribution in [0.25, 0.3) is 0 Å². The highest BCUT2D eigenvalue weighted by atomic mass is 35.5. The fourth-order valence-corrected chi connectivity index (χ4v) is 1.13. The number of hydrogen-bond acceptors (Lipinski definition) is 2. The van der Waals surface area contributed by atoms with Gasteiger partial charge < -0.3 is 5.32 Å². The number of nitrogens with one attached hydrogen (secondary N) is 1. The van der Waals surface area contributed by atoms with Gasteiger partial charge in [0.2, 0.25) is 5.91 Å². The van der Waals surface area contributed by atoms with Crippen LogP contribution in [0.3, 0.4) is 0 Å². The SMILES string of the molecule is CCn1nccc1CNC(=O)CCl. The molecule has 1 amide bonds. The highest BCUT2D eigenvalue weighted by Gasteiger charge is 2.02. The smallest absolute Gasteiger partial charge is 0.235 e. The maximum atomic E-state index is 10.8. The highest BCUT2D eigenvalue weighted by molar-refractivity contribution is 6.27. The first-order valence-corrected chi connectivity index (χ1v) is 4.64. The van der Waals surface area contributed by atoms with Gasteiger partial charge in [-0.1, -0.05) is 0 Å². The summed E-state index contributed by atoms with van der Waals surface area (Å²) in [6.07, 6.45) is 1.71. The van der Waals surface area contributed by atoms with E-state index in [1.54, 1.807) is 6.20 Å². The van der Waals surface area contributed by atoms with Gasteiger partial charge >= 0.3 is 0 Å². The zero-order chi connectivity index (χ0) is 9.68. The first-order chi connectivity index (χ1) is 6.27. The van der Waals surface area contributed by atoms with E-state index in [1.165, 1.54) is 0 Å². The minimum atomic E-state index is -0.162. The van der Waals surface area contributed by atoms with Gasteiger partial charge in [0.15, 0.2) is 0 Å². The Morgan fingerprint density at radius 3 is 3.15 bits per heavy atom. The van der Waals surface area contributed by atoms with E-state index in [4.69, 9.17) is 11.6 Å². The number of aryl methyl sites for hydroxylation is 1. The molecular formula is C8H12ClN3O. The molecule has 1 aromatic heterocycles.